The van der Waals surface area contributed by atoms with Crippen LogP contribution < -0.4 is 16.8 Å². The summed E-state index contributed by atoms with van der Waals surface area (Å²) in [5.41, 5.74) is 12.5. The van der Waals surface area contributed by atoms with Crippen LogP contribution in [0.2, 0.25) is 0 Å². The quantitative estimate of drug-likeness (QED) is 0.682. The first-order valence-corrected chi connectivity index (χ1v) is 4.85. The van der Waals surface area contributed by atoms with Crippen LogP contribution in [0.3, 0.4) is 0 Å². The molecule has 0 aliphatic carbocycles. The zero-order chi connectivity index (χ0) is 10.6. The molecule has 78 valence electrons. The Morgan fingerprint density at radius 1 is 1.43 bits per heavy atom. The van der Waals surface area contributed by atoms with Crippen LogP contribution in [0, 0.1) is 5.92 Å². The molecular formula is C10H18N4. The van der Waals surface area contributed by atoms with Crippen molar-refractivity contribution in [2.45, 2.75) is 20.3 Å². The summed E-state index contributed by atoms with van der Waals surface area (Å²) in [5, 5.41) is 3.17. The number of nitrogens with zero attached hydrogens (tertiary/aromatic N) is 1. The van der Waals surface area contributed by atoms with Crippen molar-refractivity contribution in [1.29, 1.82) is 0 Å². The first-order valence-electron chi connectivity index (χ1n) is 4.85. The maximum absolute atomic E-state index is 5.75. The third kappa shape index (κ3) is 2.80. The highest BCUT2D eigenvalue weighted by Gasteiger charge is 2.02. The van der Waals surface area contributed by atoms with Crippen molar-refractivity contribution in [3.05, 3.63) is 12.3 Å². The van der Waals surface area contributed by atoms with E-state index >= 15 is 0 Å². The number of rotatable bonds is 4. The molecule has 1 heterocycles. The Morgan fingerprint density at radius 2 is 2.14 bits per heavy atom. The number of pyridine rings is 1. The highest BCUT2D eigenvalue weighted by Crippen LogP contribution is 2.21. The van der Waals surface area contributed by atoms with Gasteiger partial charge in [-0.05, 0) is 18.4 Å². The molecule has 0 amide bonds. The van der Waals surface area contributed by atoms with Crippen molar-refractivity contribution in [2.24, 2.45) is 5.92 Å². The first-order chi connectivity index (χ1) is 6.61. The summed E-state index contributed by atoms with van der Waals surface area (Å²) in [6, 6.07) is 1.70. The monoisotopic (exact) mass is 194 g/mol. The Hall–Kier alpha value is -1.45. The van der Waals surface area contributed by atoms with Crippen molar-refractivity contribution in [1.82, 2.24) is 4.98 Å². The van der Waals surface area contributed by atoms with E-state index in [0.717, 1.165) is 13.0 Å². The van der Waals surface area contributed by atoms with Crippen molar-refractivity contribution < 1.29 is 0 Å². The lowest BCUT2D eigenvalue weighted by Gasteiger charge is -2.10. The predicted molar refractivity (Wildman–Crippen MR) is 61.0 cm³/mol. The van der Waals surface area contributed by atoms with E-state index in [1.54, 1.807) is 12.3 Å². The molecule has 0 atom stereocenters. The van der Waals surface area contributed by atoms with Gasteiger partial charge in [0.15, 0.2) is 5.82 Å². The normalized spacial score (nSPS) is 10.5. The molecule has 14 heavy (non-hydrogen) atoms. The highest BCUT2D eigenvalue weighted by molar-refractivity contribution is 5.75. The minimum absolute atomic E-state index is 0.538. The third-order valence-electron chi connectivity index (χ3n) is 2.04. The molecule has 4 nitrogen and oxygen atoms in total. The van der Waals surface area contributed by atoms with Crippen LogP contribution in [0.1, 0.15) is 20.3 Å². The summed E-state index contributed by atoms with van der Waals surface area (Å²) >= 11 is 0. The molecule has 1 aromatic rings. The molecule has 0 aliphatic heterocycles. The van der Waals surface area contributed by atoms with Gasteiger partial charge in [0, 0.05) is 12.7 Å². The molecule has 0 aromatic carbocycles. The zero-order valence-corrected chi connectivity index (χ0v) is 8.75. The van der Waals surface area contributed by atoms with E-state index in [0.29, 0.717) is 23.1 Å². The fraction of sp³-hybridized carbons (Fsp3) is 0.500. The van der Waals surface area contributed by atoms with Gasteiger partial charge in [0.2, 0.25) is 0 Å². The van der Waals surface area contributed by atoms with E-state index in [-0.39, 0.29) is 0 Å². The molecule has 0 fully saturated rings. The number of nitrogen functional groups attached to an aromatic ring is 2. The van der Waals surface area contributed by atoms with Crippen LogP contribution in [-0.4, -0.2) is 11.5 Å². The van der Waals surface area contributed by atoms with Crippen molar-refractivity contribution >= 4 is 17.2 Å². The van der Waals surface area contributed by atoms with E-state index < -0.39 is 0 Å². The minimum atomic E-state index is 0.538. The number of nitrogens with two attached hydrogens (primary N) is 2. The van der Waals surface area contributed by atoms with E-state index in [2.05, 4.69) is 24.1 Å². The molecule has 0 bridgehead atoms. The van der Waals surface area contributed by atoms with Crippen LogP contribution in [0.5, 0.6) is 0 Å². The lowest BCUT2D eigenvalue weighted by atomic mass is 10.1. The van der Waals surface area contributed by atoms with Crippen molar-refractivity contribution in [2.75, 3.05) is 23.3 Å². The van der Waals surface area contributed by atoms with E-state index in [1.807, 2.05) is 0 Å². The zero-order valence-electron chi connectivity index (χ0n) is 8.75. The Bertz CT molecular complexity index is 296. The van der Waals surface area contributed by atoms with Gasteiger partial charge in [-0.2, -0.15) is 0 Å². The Labute approximate surface area is 84.7 Å². The number of nitrogens with one attached hydrogen (secondary N) is 1. The van der Waals surface area contributed by atoms with Gasteiger partial charge in [-0.3, -0.25) is 0 Å². The average molecular weight is 194 g/mol. The maximum Gasteiger partial charge on any atom is 0.151 e. The van der Waals surface area contributed by atoms with Gasteiger partial charge in [-0.25, -0.2) is 4.98 Å². The van der Waals surface area contributed by atoms with Gasteiger partial charge in [0.25, 0.3) is 0 Å². The second kappa shape index (κ2) is 4.69. The second-order valence-electron chi connectivity index (χ2n) is 3.77. The third-order valence-corrected chi connectivity index (χ3v) is 2.04. The Morgan fingerprint density at radius 3 is 2.79 bits per heavy atom. The van der Waals surface area contributed by atoms with Crippen LogP contribution in [0.15, 0.2) is 12.3 Å². The van der Waals surface area contributed by atoms with Crippen LogP contribution in [0.25, 0.3) is 0 Å². The second-order valence-corrected chi connectivity index (χ2v) is 3.77. The van der Waals surface area contributed by atoms with Crippen molar-refractivity contribution in [3.8, 4) is 0 Å². The topological polar surface area (TPSA) is 77.0 Å². The molecule has 4 heteroatoms. The summed E-state index contributed by atoms with van der Waals surface area (Å²) in [7, 11) is 0. The van der Waals surface area contributed by atoms with Gasteiger partial charge < -0.3 is 16.8 Å². The molecule has 5 N–H and O–H groups in total. The van der Waals surface area contributed by atoms with Gasteiger partial charge in [0.1, 0.15) is 0 Å². The Balaban J connectivity index is 2.54. The minimum Gasteiger partial charge on any atom is -0.397 e. The largest absolute Gasteiger partial charge is 0.397 e. The molecule has 0 unspecified atom stereocenters. The lowest BCUT2D eigenvalue weighted by molar-refractivity contribution is 0.607. The molecule has 0 saturated carbocycles. The van der Waals surface area contributed by atoms with Gasteiger partial charge in [0.05, 0.1) is 11.4 Å². The van der Waals surface area contributed by atoms with Crippen molar-refractivity contribution in [3.63, 3.8) is 0 Å². The summed E-state index contributed by atoms with van der Waals surface area (Å²) in [4.78, 5) is 4.12. The predicted octanol–water partition coefficient (Wildman–Crippen LogP) is 1.70. The summed E-state index contributed by atoms with van der Waals surface area (Å²) in [6.07, 6.45) is 2.75. The first kappa shape index (κ1) is 10.6. The van der Waals surface area contributed by atoms with Gasteiger partial charge >= 0.3 is 0 Å². The van der Waals surface area contributed by atoms with Gasteiger partial charge in [-0.15, -0.1) is 0 Å². The van der Waals surface area contributed by atoms with E-state index in [9.17, 15) is 0 Å². The van der Waals surface area contributed by atoms with Crippen LogP contribution >= 0.6 is 0 Å². The summed E-state index contributed by atoms with van der Waals surface area (Å²) in [5.74, 6) is 1.36. The molecule has 0 aliphatic rings. The maximum atomic E-state index is 5.75. The number of hydrogen-bond donors (Lipinski definition) is 3. The molecular weight excluding hydrogens is 176 g/mol. The van der Waals surface area contributed by atoms with E-state index in [4.69, 9.17) is 11.5 Å². The molecule has 0 saturated heterocycles. The summed E-state index contributed by atoms with van der Waals surface area (Å²) < 4.78 is 0. The average Bonchev–Trinajstić information content (AvgIpc) is 2.12. The summed E-state index contributed by atoms with van der Waals surface area (Å²) in [6.45, 7) is 5.23. The number of anilines is 3. The van der Waals surface area contributed by atoms with E-state index in [1.165, 1.54) is 0 Å². The fourth-order valence-corrected chi connectivity index (χ4v) is 1.11. The SMILES string of the molecule is CC(C)CCNc1nccc(N)c1N. The van der Waals surface area contributed by atoms with Gasteiger partial charge in [-0.1, -0.05) is 13.8 Å². The molecule has 1 rings (SSSR count). The number of aromatic nitrogens is 1. The fourth-order valence-electron chi connectivity index (χ4n) is 1.11. The highest BCUT2D eigenvalue weighted by atomic mass is 15.0. The van der Waals surface area contributed by atoms with Crippen LogP contribution in [-0.2, 0) is 0 Å². The molecule has 1 aromatic heterocycles. The molecule has 0 radical (unpaired) electrons. The standard InChI is InChI=1S/C10H18N4/c1-7(2)3-5-13-10-9(12)8(11)4-6-14-10/h4,6-7H,3,5,12H2,1-2H3,(H3,11,13,14). The lowest BCUT2D eigenvalue weighted by Crippen LogP contribution is -2.09. The molecule has 0 spiro atoms. The Kier molecular flexibility index (Phi) is 3.56. The number of hydrogen-bond acceptors (Lipinski definition) is 4. The smallest absolute Gasteiger partial charge is 0.151 e. The van der Waals surface area contributed by atoms with Crippen LogP contribution in [0.4, 0.5) is 17.2 Å².